The molecule has 1 saturated heterocycles. The van der Waals surface area contributed by atoms with Gasteiger partial charge in [0.05, 0.1) is 25.6 Å². The standard InChI is InChI=1S/C12H23NO.C11H22O2.C10H21NO.2C10H20O2.C9H19NO.C9H20.C5H5N/c1-9(2)8-11(10(3)4)13-7-5-6-12(13)14;1-8(2)7-11(5,9(3)4)10(12)13-6;1-7(2)6-10(5,8(3)4)9(11)12;1-7(2)6-9(8(3)4)10(11)12-5;1-7(2)6-10(8(3)4)12-9(5)11;1-6(2)5-8(7(3)4)9(10)11;1-7(2)6-9(5)8(3)4;1-2-4-6-5-3-1/h9-11H,5-8H2,1-4H3;8-9H,7H2,1-6H3;7-8H,6H2,1-5H3,(H2,11,12);7-9H,6H2,1-5H3;7-8,10H,6H2,1-5H3;6-8H,5H2,1-4H3,(H2,10,11);7-9H,6H2,1-5H3;1-5H. The van der Waals surface area contributed by atoms with Crippen LogP contribution < -0.4 is 11.5 Å². The Morgan fingerprint density at radius 1 is 0.506 bits per heavy atom. The molecule has 1 aliphatic rings. The molecule has 7 atom stereocenters. The molecular formula is C76H150N4O9. The summed E-state index contributed by atoms with van der Waals surface area (Å²) in [7, 11) is 2.92. The van der Waals surface area contributed by atoms with Crippen molar-refractivity contribution in [1.29, 1.82) is 0 Å². The molecule has 0 saturated carbocycles. The summed E-state index contributed by atoms with van der Waals surface area (Å²) in [6.45, 7) is 68.6. The highest BCUT2D eigenvalue weighted by molar-refractivity contribution is 5.80. The molecule has 528 valence electrons. The van der Waals surface area contributed by atoms with Crippen molar-refractivity contribution in [2.75, 3.05) is 20.8 Å². The molecule has 2 heterocycles. The van der Waals surface area contributed by atoms with Gasteiger partial charge in [0.25, 0.3) is 0 Å². The number of methoxy groups -OCH3 is 2. The minimum absolute atomic E-state index is 0.0509. The SMILES string of the molecule is CC(=O)OC(CC(C)C)C(C)C.CC(C)CC(C(C)C)N1CCCC1=O.CC(C)CC(C(N)=O)C(C)C.CC(C)CC(C)(C(N)=O)C(C)C.CC(C)CC(C)C(C)C.COC(=O)C(C)(CC(C)C)C(C)C.COC(=O)C(CC(C)C)C(C)C.c1ccncc1. The molecule has 2 rings (SSSR count). The lowest BCUT2D eigenvalue weighted by molar-refractivity contribution is -0.155. The minimum Gasteiger partial charge on any atom is -0.469 e. The zero-order chi connectivity index (χ0) is 71.4. The predicted octanol–water partition coefficient (Wildman–Crippen LogP) is 19.0. The van der Waals surface area contributed by atoms with Crippen LogP contribution in [0.15, 0.2) is 30.6 Å². The lowest BCUT2D eigenvalue weighted by Crippen LogP contribution is -2.40. The first-order chi connectivity index (χ1) is 40.6. The van der Waals surface area contributed by atoms with Crippen LogP contribution in [0.2, 0.25) is 0 Å². The number of amides is 3. The number of carbonyl (C=O) groups is 6. The molecule has 0 radical (unpaired) electrons. The summed E-state index contributed by atoms with van der Waals surface area (Å²) in [5, 5.41) is 0. The van der Waals surface area contributed by atoms with E-state index in [1.54, 1.807) is 12.4 Å². The first-order valence-electron chi connectivity index (χ1n) is 34.6. The van der Waals surface area contributed by atoms with Crippen molar-refractivity contribution in [2.45, 2.75) is 291 Å². The molecule has 1 fully saturated rings. The van der Waals surface area contributed by atoms with Crippen LogP contribution in [0.5, 0.6) is 0 Å². The third kappa shape index (κ3) is 50.2. The second kappa shape index (κ2) is 52.5. The molecule has 3 amide bonds. The number of esters is 3. The first-order valence-corrected chi connectivity index (χ1v) is 34.6. The van der Waals surface area contributed by atoms with Crippen LogP contribution in [0.3, 0.4) is 0 Å². The number of nitrogens with zero attached hydrogens (tertiary/aromatic N) is 2. The van der Waals surface area contributed by atoms with Gasteiger partial charge in [0.1, 0.15) is 6.10 Å². The summed E-state index contributed by atoms with van der Waals surface area (Å²) in [4.78, 5) is 73.2. The van der Waals surface area contributed by atoms with E-state index in [0.717, 1.165) is 75.7 Å². The Hall–Kier alpha value is -4.03. The molecule has 1 aliphatic heterocycles. The fourth-order valence-corrected chi connectivity index (χ4v) is 10.4. The van der Waals surface area contributed by atoms with E-state index in [1.807, 2.05) is 59.7 Å². The van der Waals surface area contributed by atoms with Crippen molar-refractivity contribution in [1.82, 2.24) is 9.88 Å². The fraction of sp³-hybridized carbons (Fsp3) is 0.855. The molecule has 0 aliphatic carbocycles. The number of hydrogen-bond acceptors (Lipinski definition) is 10. The Kier molecular flexibility index (Phi) is 56.6. The number of likely N-dealkylation sites (tertiary alicyclic amines) is 1. The highest BCUT2D eigenvalue weighted by atomic mass is 16.5. The lowest BCUT2D eigenvalue weighted by atomic mass is 9.73. The minimum atomic E-state index is -0.339. The molecule has 13 nitrogen and oxygen atoms in total. The number of primary amides is 2. The third-order valence-corrected chi connectivity index (χ3v) is 16.7. The van der Waals surface area contributed by atoms with Gasteiger partial charge in [-0.1, -0.05) is 214 Å². The normalized spacial score (nSPS) is 15.1. The molecule has 4 N–H and O–H groups in total. The van der Waals surface area contributed by atoms with Crippen LogP contribution in [0.25, 0.3) is 0 Å². The number of aromatic nitrogens is 1. The summed E-state index contributed by atoms with van der Waals surface area (Å²) in [5.41, 5.74) is 9.96. The van der Waals surface area contributed by atoms with Gasteiger partial charge >= 0.3 is 17.9 Å². The van der Waals surface area contributed by atoms with E-state index in [1.165, 1.54) is 27.6 Å². The molecule has 13 heteroatoms. The van der Waals surface area contributed by atoms with E-state index in [2.05, 4.69) is 183 Å². The zero-order valence-electron chi connectivity index (χ0n) is 64.7. The number of rotatable bonds is 27. The van der Waals surface area contributed by atoms with Crippen LogP contribution in [-0.4, -0.2) is 78.4 Å². The molecular weight excluding hydrogens is 1110 g/mol. The molecule has 0 spiro atoms. The molecule has 7 unspecified atom stereocenters. The van der Waals surface area contributed by atoms with E-state index in [4.69, 9.17) is 25.7 Å². The average molecular weight is 1260 g/mol. The van der Waals surface area contributed by atoms with Crippen LogP contribution in [-0.2, 0) is 43.0 Å². The molecule has 1 aromatic rings. The van der Waals surface area contributed by atoms with Gasteiger partial charge in [0, 0.05) is 49.7 Å². The van der Waals surface area contributed by atoms with E-state index in [9.17, 15) is 28.8 Å². The third-order valence-electron chi connectivity index (χ3n) is 16.7. The van der Waals surface area contributed by atoms with Gasteiger partial charge in [-0.3, -0.25) is 33.8 Å². The van der Waals surface area contributed by atoms with Crippen molar-refractivity contribution >= 4 is 35.6 Å². The second-order valence-corrected chi connectivity index (χ2v) is 31.1. The Morgan fingerprint density at radius 2 is 0.910 bits per heavy atom. The van der Waals surface area contributed by atoms with Crippen molar-refractivity contribution < 1.29 is 43.0 Å². The van der Waals surface area contributed by atoms with Gasteiger partial charge in [-0.05, 0) is 159 Å². The maximum absolute atomic E-state index is 11.6. The Bertz CT molecular complexity index is 1900. The number of nitrogens with two attached hydrogens (primary N) is 2. The summed E-state index contributed by atoms with van der Waals surface area (Å²) < 4.78 is 14.8. The van der Waals surface area contributed by atoms with E-state index in [-0.39, 0.29) is 58.5 Å². The number of hydrogen-bond donors (Lipinski definition) is 2. The van der Waals surface area contributed by atoms with E-state index >= 15 is 0 Å². The summed E-state index contributed by atoms with van der Waals surface area (Å²) in [6.07, 6.45) is 12.5. The maximum Gasteiger partial charge on any atom is 0.311 e. The highest BCUT2D eigenvalue weighted by Crippen LogP contribution is 2.36. The van der Waals surface area contributed by atoms with Crippen molar-refractivity contribution in [2.24, 2.45) is 123 Å². The van der Waals surface area contributed by atoms with Gasteiger partial charge < -0.3 is 30.6 Å². The molecule has 0 bridgehead atoms. The lowest BCUT2D eigenvalue weighted by Gasteiger charge is -2.32. The summed E-state index contributed by atoms with van der Waals surface area (Å²) in [6, 6.07) is 6.18. The molecule has 1 aromatic heterocycles. The maximum atomic E-state index is 11.6. The van der Waals surface area contributed by atoms with E-state index in [0.29, 0.717) is 83.0 Å². The predicted molar refractivity (Wildman–Crippen MR) is 379 cm³/mol. The summed E-state index contributed by atoms with van der Waals surface area (Å²) >= 11 is 0. The van der Waals surface area contributed by atoms with Crippen LogP contribution in [0.1, 0.15) is 279 Å². The summed E-state index contributed by atoms with van der Waals surface area (Å²) in [5.74, 6) is 8.21. The largest absolute Gasteiger partial charge is 0.469 e. The molecule has 0 aromatic carbocycles. The van der Waals surface area contributed by atoms with Crippen LogP contribution in [0.4, 0.5) is 0 Å². The van der Waals surface area contributed by atoms with Crippen molar-refractivity contribution in [3.05, 3.63) is 30.6 Å². The Morgan fingerprint density at radius 3 is 1.11 bits per heavy atom. The number of ether oxygens (including phenoxy) is 3. The van der Waals surface area contributed by atoms with Crippen molar-refractivity contribution in [3.63, 3.8) is 0 Å². The average Bonchev–Trinajstić information content (AvgIpc) is 4.05. The Labute approximate surface area is 551 Å². The number of carbonyl (C=O) groups excluding carboxylic acids is 6. The van der Waals surface area contributed by atoms with Crippen LogP contribution >= 0.6 is 0 Å². The smallest absolute Gasteiger partial charge is 0.311 e. The molecule has 89 heavy (non-hydrogen) atoms. The topological polar surface area (TPSA) is 198 Å². The van der Waals surface area contributed by atoms with Crippen molar-refractivity contribution in [3.8, 4) is 0 Å². The zero-order valence-corrected chi connectivity index (χ0v) is 64.7. The highest BCUT2D eigenvalue weighted by Gasteiger charge is 2.38. The number of pyridine rings is 1. The van der Waals surface area contributed by atoms with Gasteiger partial charge in [-0.25, -0.2) is 0 Å². The second-order valence-electron chi connectivity index (χ2n) is 31.1. The van der Waals surface area contributed by atoms with Gasteiger partial charge in [0.15, 0.2) is 0 Å². The van der Waals surface area contributed by atoms with Gasteiger partial charge in [-0.15, -0.1) is 0 Å². The Balaban J connectivity index is -0.000000223. The first kappa shape index (κ1) is 96.1. The van der Waals surface area contributed by atoms with Gasteiger partial charge in [-0.2, -0.15) is 0 Å². The van der Waals surface area contributed by atoms with Gasteiger partial charge in [0.2, 0.25) is 17.7 Å². The fourth-order valence-electron chi connectivity index (χ4n) is 10.4. The van der Waals surface area contributed by atoms with E-state index < -0.39 is 0 Å². The quantitative estimate of drug-likeness (QED) is 0.0631. The van der Waals surface area contributed by atoms with Crippen LogP contribution in [0, 0.1) is 111 Å². The monoisotopic (exact) mass is 1260 g/mol.